The standard InChI is InChI=1S/C21H21FN4S.C4H10.C3H8.C2H5N/c1-12-8-7-9-15(22)17(12)19-20(13(2)23)27-21(24-19)18-14(3)25(4)26-11-6-5-10-16(18)26;1-3-4-2;1-3-2;1-2-3/h5-11,14,23H,1-4H3;3-4H2,1-2H3;3H2,1-2H3;2-3H,1H3. The monoisotopic (exact) mass is 525 g/mol. The fraction of sp³-hybridized carbons (Fsp3) is 0.433. The number of thiazole rings is 1. The molecule has 7 heteroatoms. The molecule has 5 nitrogen and oxygen atoms in total. The van der Waals surface area contributed by atoms with Gasteiger partial charge < -0.3 is 10.8 Å². The highest BCUT2D eigenvalue weighted by Crippen LogP contribution is 2.42. The molecule has 3 heterocycles. The summed E-state index contributed by atoms with van der Waals surface area (Å²) in [6.45, 7) is 16.0. The molecule has 0 amide bonds. The minimum atomic E-state index is -0.300. The van der Waals surface area contributed by atoms with Gasteiger partial charge in [-0.3, -0.25) is 5.01 Å². The summed E-state index contributed by atoms with van der Waals surface area (Å²) in [5.74, 6) is -0.300. The van der Waals surface area contributed by atoms with Crippen LogP contribution in [0.3, 0.4) is 0 Å². The molecule has 4 rings (SSSR count). The highest BCUT2D eigenvalue weighted by atomic mass is 32.1. The van der Waals surface area contributed by atoms with Gasteiger partial charge in [-0.05, 0) is 57.7 Å². The molecule has 0 bridgehead atoms. The van der Waals surface area contributed by atoms with Crippen molar-refractivity contribution >= 4 is 28.8 Å². The maximum atomic E-state index is 14.6. The number of benzene rings is 1. The van der Waals surface area contributed by atoms with Gasteiger partial charge in [-0.2, -0.15) is 0 Å². The van der Waals surface area contributed by atoms with Crippen molar-refractivity contribution in [2.75, 3.05) is 7.05 Å². The second-order valence-electron chi connectivity index (χ2n) is 8.84. The van der Waals surface area contributed by atoms with E-state index in [1.165, 1.54) is 42.9 Å². The number of allylic oxidation sites excluding steroid dienone is 3. The zero-order chi connectivity index (χ0) is 28.1. The van der Waals surface area contributed by atoms with Gasteiger partial charge in [0.15, 0.2) is 0 Å². The number of nitrogens with zero attached hydrogens (tertiary/aromatic N) is 3. The van der Waals surface area contributed by atoms with E-state index in [1.54, 1.807) is 19.9 Å². The van der Waals surface area contributed by atoms with E-state index in [0.717, 1.165) is 26.7 Å². The second kappa shape index (κ2) is 16.0. The van der Waals surface area contributed by atoms with Crippen molar-refractivity contribution in [2.45, 2.75) is 80.7 Å². The first-order valence-electron chi connectivity index (χ1n) is 13.0. The summed E-state index contributed by atoms with van der Waals surface area (Å²) in [6.07, 6.45) is 13.2. The topological polar surface area (TPSA) is 67.1 Å². The molecule has 0 saturated carbocycles. The number of unbranched alkanes of at least 4 members (excludes halogenated alkanes) is 1. The Kier molecular flexibility index (Phi) is 13.9. The third-order valence-electron chi connectivity index (χ3n) is 5.59. The molecule has 37 heavy (non-hydrogen) atoms. The lowest BCUT2D eigenvalue weighted by Crippen LogP contribution is -2.34. The zero-order valence-corrected chi connectivity index (χ0v) is 24.8. The Morgan fingerprint density at radius 3 is 2.27 bits per heavy atom. The summed E-state index contributed by atoms with van der Waals surface area (Å²) in [5, 5.41) is 19.4. The summed E-state index contributed by atoms with van der Waals surface area (Å²) in [7, 11) is 2.04. The van der Waals surface area contributed by atoms with Gasteiger partial charge >= 0.3 is 0 Å². The quantitative estimate of drug-likeness (QED) is 0.392. The van der Waals surface area contributed by atoms with E-state index in [4.69, 9.17) is 15.8 Å². The van der Waals surface area contributed by atoms with Crippen LogP contribution in [0, 0.1) is 23.6 Å². The predicted octanol–water partition coefficient (Wildman–Crippen LogP) is 8.87. The summed E-state index contributed by atoms with van der Waals surface area (Å²) < 4.78 is 14.6. The van der Waals surface area contributed by atoms with Gasteiger partial charge in [-0.15, -0.1) is 11.3 Å². The Bertz CT molecular complexity index is 1110. The van der Waals surface area contributed by atoms with Crippen LogP contribution >= 0.6 is 11.3 Å². The fourth-order valence-electron chi connectivity index (χ4n) is 3.59. The molecule has 1 atom stereocenters. The summed E-state index contributed by atoms with van der Waals surface area (Å²) in [6, 6.07) is 5.17. The van der Waals surface area contributed by atoms with Crippen LogP contribution in [0.5, 0.6) is 0 Å². The number of hydrazine groups is 1. The van der Waals surface area contributed by atoms with Gasteiger partial charge in [0, 0.05) is 30.1 Å². The number of likely N-dealkylation sites (N-methyl/N-ethyl adjacent to an activating group) is 1. The van der Waals surface area contributed by atoms with E-state index in [2.05, 4.69) is 50.7 Å². The number of rotatable bonds is 4. The average molecular weight is 526 g/mol. The zero-order valence-electron chi connectivity index (χ0n) is 23.9. The van der Waals surface area contributed by atoms with Gasteiger partial charge in [-0.1, -0.05) is 65.2 Å². The molecule has 0 saturated heterocycles. The van der Waals surface area contributed by atoms with Crippen LogP contribution in [0.15, 0.2) is 48.3 Å². The first-order valence-corrected chi connectivity index (χ1v) is 13.8. The number of aryl methyl sites for hydroxylation is 1. The van der Waals surface area contributed by atoms with Gasteiger partial charge in [0.1, 0.15) is 10.8 Å². The SMILES string of the molecule is CC(=N)c1sc(C2=C3C=CC=CN3N(C)C2C)nc1-c1c(C)cccc1F.CC=N.CCC.CCCC. The van der Waals surface area contributed by atoms with Crippen LogP contribution in [-0.4, -0.2) is 40.0 Å². The van der Waals surface area contributed by atoms with Gasteiger partial charge in [0.25, 0.3) is 0 Å². The normalized spacial score (nSPS) is 15.6. The molecule has 2 aliphatic rings. The first-order chi connectivity index (χ1) is 17.6. The molecule has 0 aliphatic carbocycles. The molecule has 1 unspecified atom stereocenters. The molecule has 0 spiro atoms. The minimum Gasteiger partial charge on any atom is -0.313 e. The van der Waals surface area contributed by atoms with E-state index < -0.39 is 0 Å². The van der Waals surface area contributed by atoms with Gasteiger partial charge in [0.05, 0.1) is 22.3 Å². The molecular formula is C30H44FN5S. The molecule has 202 valence electrons. The molecule has 0 radical (unpaired) electrons. The average Bonchev–Trinajstić information content (AvgIpc) is 3.40. The lowest BCUT2D eigenvalue weighted by Gasteiger charge is -2.28. The lowest BCUT2D eigenvalue weighted by molar-refractivity contribution is 0.0961. The fourth-order valence-corrected chi connectivity index (χ4v) is 4.70. The number of fused-ring (bicyclic) bond motifs is 1. The molecule has 1 aromatic heterocycles. The van der Waals surface area contributed by atoms with Crippen molar-refractivity contribution in [1.29, 1.82) is 10.8 Å². The third-order valence-corrected chi connectivity index (χ3v) is 6.80. The summed E-state index contributed by atoms with van der Waals surface area (Å²) >= 11 is 1.47. The maximum absolute atomic E-state index is 14.6. The van der Waals surface area contributed by atoms with Gasteiger partial charge in [0.2, 0.25) is 0 Å². The largest absolute Gasteiger partial charge is 0.313 e. The molecule has 1 aromatic carbocycles. The van der Waals surface area contributed by atoms with Gasteiger partial charge in [-0.25, -0.2) is 14.4 Å². The minimum absolute atomic E-state index is 0.131. The van der Waals surface area contributed by atoms with Crippen molar-refractivity contribution < 1.29 is 4.39 Å². The van der Waals surface area contributed by atoms with E-state index in [-0.39, 0.29) is 11.9 Å². The number of hydrogen-bond donors (Lipinski definition) is 2. The van der Waals surface area contributed by atoms with Crippen LogP contribution < -0.4 is 0 Å². The maximum Gasteiger partial charge on any atom is 0.132 e. The smallest absolute Gasteiger partial charge is 0.132 e. The lowest BCUT2D eigenvalue weighted by atomic mass is 10.0. The number of nitrogens with one attached hydrogen (secondary N) is 2. The number of hydrogen-bond acceptors (Lipinski definition) is 6. The van der Waals surface area contributed by atoms with Crippen molar-refractivity contribution in [3.63, 3.8) is 0 Å². The van der Waals surface area contributed by atoms with Crippen LogP contribution in [0.25, 0.3) is 16.8 Å². The third kappa shape index (κ3) is 8.04. The number of halogens is 1. The Morgan fingerprint density at radius 1 is 1.16 bits per heavy atom. The molecular weight excluding hydrogens is 481 g/mol. The molecule has 0 fully saturated rings. The van der Waals surface area contributed by atoms with Crippen LogP contribution in [0.4, 0.5) is 4.39 Å². The summed E-state index contributed by atoms with van der Waals surface area (Å²) in [4.78, 5) is 5.57. The second-order valence-corrected chi connectivity index (χ2v) is 9.84. The predicted molar refractivity (Wildman–Crippen MR) is 160 cm³/mol. The first kappa shape index (κ1) is 32.1. The Balaban J connectivity index is 0.000000594. The van der Waals surface area contributed by atoms with Crippen LogP contribution in [0.2, 0.25) is 0 Å². The Morgan fingerprint density at radius 2 is 1.76 bits per heavy atom. The van der Waals surface area contributed by atoms with Crippen LogP contribution in [-0.2, 0) is 0 Å². The molecule has 2 aromatic rings. The van der Waals surface area contributed by atoms with E-state index in [9.17, 15) is 4.39 Å². The van der Waals surface area contributed by atoms with Crippen molar-refractivity contribution in [3.05, 3.63) is 69.6 Å². The van der Waals surface area contributed by atoms with Crippen molar-refractivity contribution in [2.24, 2.45) is 0 Å². The Labute approximate surface area is 227 Å². The van der Waals surface area contributed by atoms with Crippen molar-refractivity contribution in [1.82, 2.24) is 15.0 Å². The van der Waals surface area contributed by atoms with E-state index in [0.29, 0.717) is 17.0 Å². The molecule has 2 N–H and O–H groups in total. The highest BCUT2D eigenvalue weighted by Gasteiger charge is 2.35. The summed E-state index contributed by atoms with van der Waals surface area (Å²) in [5.41, 5.74) is 4.46. The van der Waals surface area contributed by atoms with E-state index in [1.807, 2.05) is 38.4 Å². The molecule has 2 aliphatic heterocycles. The highest BCUT2D eigenvalue weighted by molar-refractivity contribution is 7.15. The van der Waals surface area contributed by atoms with E-state index >= 15 is 0 Å². The Hall–Kier alpha value is -2.90. The van der Waals surface area contributed by atoms with Crippen molar-refractivity contribution in [3.8, 4) is 11.3 Å². The van der Waals surface area contributed by atoms with Crippen LogP contribution in [0.1, 0.15) is 83.2 Å². The number of aromatic nitrogens is 1.